The molecule has 16 heavy (non-hydrogen) atoms. The summed E-state index contributed by atoms with van der Waals surface area (Å²) >= 11 is 0. The van der Waals surface area contributed by atoms with E-state index in [0.29, 0.717) is 0 Å². The topological polar surface area (TPSA) is 33.0 Å². The molecular weight excluding hydrogens is 198 g/mol. The number of benzene rings is 1. The van der Waals surface area contributed by atoms with Crippen LogP contribution in [0.15, 0.2) is 30.3 Å². The molecular formula is C14H21NO. The minimum absolute atomic E-state index is 0.434. The normalized spacial score (nSPS) is 10.9. The molecule has 0 fully saturated rings. The van der Waals surface area contributed by atoms with Crippen molar-refractivity contribution in [2.45, 2.75) is 39.2 Å². The van der Waals surface area contributed by atoms with Gasteiger partial charge < -0.3 is 4.74 Å². The lowest BCUT2D eigenvalue weighted by Gasteiger charge is -2.05. The molecule has 2 heteroatoms. The third-order valence-corrected chi connectivity index (χ3v) is 2.16. The zero-order valence-electron chi connectivity index (χ0n) is 10.4. The molecule has 0 spiro atoms. The largest absolute Gasteiger partial charge is 0.362 e. The van der Waals surface area contributed by atoms with E-state index >= 15 is 0 Å². The molecule has 1 aromatic carbocycles. The standard InChI is InChI=1S/C9H9NO.C5H12/c1-11-9(7-10)8-5-3-2-4-6-8;1-3-5-4-2/h2-6,9H,1H3;3-5H2,1-2H3. The van der Waals surface area contributed by atoms with E-state index in [1.54, 1.807) is 0 Å². The van der Waals surface area contributed by atoms with Gasteiger partial charge in [0.1, 0.15) is 0 Å². The summed E-state index contributed by atoms with van der Waals surface area (Å²) in [5.41, 5.74) is 0.900. The summed E-state index contributed by atoms with van der Waals surface area (Å²) in [5, 5.41) is 8.60. The van der Waals surface area contributed by atoms with E-state index in [0.717, 1.165) is 5.56 Å². The van der Waals surface area contributed by atoms with E-state index in [1.807, 2.05) is 36.4 Å². The zero-order valence-corrected chi connectivity index (χ0v) is 10.4. The van der Waals surface area contributed by atoms with Crippen molar-refractivity contribution < 1.29 is 4.74 Å². The van der Waals surface area contributed by atoms with Crippen LogP contribution in [0, 0.1) is 11.3 Å². The Balaban J connectivity index is 0.000000385. The molecule has 0 bridgehead atoms. The highest BCUT2D eigenvalue weighted by molar-refractivity contribution is 5.21. The van der Waals surface area contributed by atoms with Gasteiger partial charge in [-0.05, 0) is 5.56 Å². The number of hydrogen-bond acceptors (Lipinski definition) is 2. The molecule has 88 valence electrons. The van der Waals surface area contributed by atoms with Gasteiger partial charge in [-0.1, -0.05) is 63.4 Å². The molecule has 1 rings (SSSR count). The second-order valence-corrected chi connectivity index (χ2v) is 3.51. The summed E-state index contributed by atoms with van der Waals surface area (Å²) in [4.78, 5) is 0. The summed E-state index contributed by atoms with van der Waals surface area (Å²) in [6.07, 6.45) is 3.64. The maximum atomic E-state index is 8.60. The van der Waals surface area contributed by atoms with Crippen LogP contribution in [0.1, 0.15) is 44.8 Å². The average Bonchev–Trinajstić information content (AvgIpc) is 2.34. The minimum Gasteiger partial charge on any atom is -0.362 e. The van der Waals surface area contributed by atoms with Gasteiger partial charge in [-0.15, -0.1) is 0 Å². The highest BCUT2D eigenvalue weighted by Crippen LogP contribution is 2.13. The van der Waals surface area contributed by atoms with Crippen LogP contribution < -0.4 is 0 Å². The molecule has 1 unspecified atom stereocenters. The second-order valence-electron chi connectivity index (χ2n) is 3.51. The van der Waals surface area contributed by atoms with Gasteiger partial charge in [-0.3, -0.25) is 0 Å². The van der Waals surface area contributed by atoms with Gasteiger partial charge in [-0.25, -0.2) is 0 Å². The Hall–Kier alpha value is -1.33. The number of nitriles is 1. The first kappa shape index (κ1) is 14.7. The van der Waals surface area contributed by atoms with Gasteiger partial charge in [0.2, 0.25) is 0 Å². The van der Waals surface area contributed by atoms with Gasteiger partial charge in [-0.2, -0.15) is 5.26 Å². The van der Waals surface area contributed by atoms with E-state index in [2.05, 4.69) is 13.8 Å². The van der Waals surface area contributed by atoms with Crippen LogP contribution in [0.5, 0.6) is 0 Å². The van der Waals surface area contributed by atoms with Crippen molar-refractivity contribution in [3.05, 3.63) is 35.9 Å². The van der Waals surface area contributed by atoms with Crippen LogP contribution in [-0.4, -0.2) is 7.11 Å². The van der Waals surface area contributed by atoms with Gasteiger partial charge in [0.05, 0.1) is 6.07 Å². The number of unbranched alkanes of at least 4 members (excludes halogenated alkanes) is 2. The molecule has 0 amide bonds. The van der Waals surface area contributed by atoms with Gasteiger partial charge in [0, 0.05) is 7.11 Å². The summed E-state index contributed by atoms with van der Waals surface area (Å²) < 4.78 is 4.92. The predicted octanol–water partition coefficient (Wildman–Crippen LogP) is 4.09. The van der Waals surface area contributed by atoms with Gasteiger partial charge in [0.15, 0.2) is 6.10 Å². The van der Waals surface area contributed by atoms with Crippen LogP contribution in [0.25, 0.3) is 0 Å². The highest BCUT2D eigenvalue weighted by Gasteiger charge is 2.05. The number of nitrogens with zero attached hydrogens (tertiary/aromatic N) is 1. The maximum Gasteiger partial charge on any atom is 0.168 e. The van der Waals surface area contributed by atoms with Crippen LogP contribution in [-0.2, 0) is 4.74 Å². The average molecular weight is 219 g/mol. The summed E-state index contributed by atoms with van der Waals surface area (Å²) in [7, 11) is 1.53. The Labute approximate surface area is 98.9 Å². The molecule has 0 aliphatic rings. The Kier molecular flexibility index (Phi) is 9.35. The first-order chi connectivity index (χ1) is 7.79. The molecule has 0 aliphatic heterocycles. The van der Waals surface area contributed by atoms with Gasteiger partial charge in [0.25, 0.3) is 0 Å². The second kappa shape index (κ2) is 10.2. The van der Waals surface area contributed by atoms with Crippen molar-refractivity contribution in [1.82, 2.24) is 0 Å². The van der Waals surface area contributed by atoms with Gasteiger partial charge >= 0.3 is 0 Å². The molecule has 0 saturated carbocycles. The van der Waals surface area contributed by atoms with E-state index in [1.165, 1.54) is 26.4 Å². The van der Waals surface area contributed by atoms with E-state index < -0.39 is 6.10 Å². The Morgan fingerprint density at radius 1 is 1.19 bits per heavy atom. The molecule has 0 aliphatic carbocycles. The van der Waals surface area contributed by atoms with Crippen molar-refractivity contribution in [2.24, 2.45) is 0 Å². The highest BCUT2D eigenvalue weighted by atomic mass is 16.5. The molecule has 1 atom stereocenters. The van der Waals surface area contributed by atoms with Crippen LogP contribution in [0.2, 0.25) is 0 Å². The summed E-state index contributed by atoms with van der Waals surface area (Å²) in [6.45, 7) is 4.42. The first-order valence-electron chi connectivity index (χ1n) is 5.77. The minimum atomic E-state index is -0.434. The lowest BCUT2D eigenvalue weighted by molar-refractivity contribution is 0.148. The number of hydrogen-bond donors (Lipinski definition) is 0. The van der Waals surface area contributed by atoms with Crippen LogP contribution in [0.3, 0.4) is 0 Å². The molecule has 1 aromatic rings. The third-order valence-electron chi connectivity index (χ3n) is 2.16. The van der Waals surface area contributed by atoms with Crippen molar-refractivity contribution in [2.75, 3.05) is 7.11 Å². The maximum absolute atomic E-state index is 8.60. The summed E-state index contributed by atoms with van der Waals surface area (Å²) in [5.74, 6) is 0. The lowest BCUT2D eigenvalue weighted by Crippen LogP contribution is -1.96. The first-order valence-corrected chi connectivity index (χ1v) is 5.77. The Bertz CT molecular complexity index is 287. The van der Waals surface area contributed by atoms with E-state index in [-0.39, 0.29) is 0 Å². The number of methoxy groups -OCH3 is 1. The van der Waals surface area contributed by atoms with Crippen molar-refractivity contribution >= 4 is 0 Å². The van der Waals surface area contributed by atoms with E-state index in [9.17, 15) is 0 Å². The Morgan fingerprint density at radius 3 is 2.06 bits per heavy atom. The monoisotopic (exact) mass is 219 g/mol. The fraction of sp³-hybridized carbons (Fsp3) is 0.500. The molecule has 0 radical (unpaired) electrons. The van der Waals surface area contributed by atoms with E-state index in [4.69, 9.17) is 10.00 Å². The van der Waals surface area contributed by atoms with Crippen molar-refractivity contribution in [3.63, 3.8) is 0 Å². The SMILES string of the molecule is CCCCC.COC(C#N)c1ccccc1. The quantitative estimate of drug-likeness (QED) is 0.764. The zero-order chi connectivity index (χ0) is 12.2. The fourth-order valence-corrected chi connectivity index (χ4v) is 1.24. The number of rotatable bonds is 4. The molecule has 2 nitrogen and oxygen atoms in total. The lowest BCUT2D eigenvalue weighted by atomic mass is 10.1. The summed E-state index contributed by atoms with van der Waals surface area (Å²) in [6, 6.07) is 11.5. The smallest absolute Gasteiger partial charge is 0.168 e. The van der Waals surface area contributed by atoms with Crippen molar-refractivity contribution in [3.8, 4) is 6.07 Å². The molecule has 0 heterocycles. The van der Waals surface area contributed by atoms with Crippen LogP contribution in [0.4, 0.5) is 0 Å². The molecule has 0 N–H and O–H groups in total. The molecule has 0 aromatic heterocycles. The van der Waals surface area contributed by atoms with Crippen molar-refractivity contribution in [1.29, 1.82) is 5.26 Å². The third kappa shape index (κ3) is 6.21. The Morgan fingerprint density at radius 2 is 1.75 bits per heavy atom. The van der Waals surface area contributed by atoms with Crippen LogP contribution >= 0.6 is 0 Å². The fourth-order valence-electron chi connectivity index (χ4n) is 1.24. The molecule has 0 saturated heterocycles. The predicted molar refractivity (Wildman–Crippen MR) is 67.0 cm³/mol. The number of ether oxygens (including phenoxy) is 1.